The lowest BCUT2D eigenvalue weighted by Gasteiger charge is -2.20. The van der Waals surface area contributed by atoms with E-state index in [1.54, 1.807) is 30.3 Å². The van der Waals surface area contributed by atoms with E-state index in [4.69, 9.17) is 0 Å². The number of nitrogens with zero attached hydrogens (tertiary/aromatic N) is 1. The van der Waals surface area contributed by atoms with Gasteiger partial charge in [-0.05, 0) is 69.2 Å². The van der Waals surface area contributed by atoms with Crippen LogP contribution in [0.1, 0.15) is 26.3 Å². The van der Waals surface area contributed by atoms with Crippen molar-refractivity contribution in [3.63, 3.8) is 0 Å². The van der Waals surface area contributed by atoms with Gasteiger partial charge in [-0.2, -0.15) is 0 Å². The predicted octanol–water partition coefficient (Wildman–Crippen LogP) is 3.80. The molecule has 1 amide bonds. The highest BCUT2D eigenvalue weighted by Crippen LogP contribution is 2.30. The van der Waals surface area contributed by atoms with Crippen LogP contribution in [0.4, 0.5) is 21.5 Å². The van der Waals surface area contributed by atoms with Crippen LogP contribution in [-0.4, -0.2) is 34.1 Å². The Balaban J connectivity index is 1.79. The van der Waals surface area contributed by atoms with Gasteiger partial charge in [0.2, 0.25) is 5.91 Å². The molecule has 2 N–H and O–H groups in total. The van der Waals surface area contributed by atoms with E-state index in [-0.39, 0.29) is 4.90 Å². The fourth-order valence-electron chi connectivity index (χ4n) is 3.18. The summed E-state index contributed by atoms with van der Waals surface area (Å²) in [4.78, 5) is 14.6. The van der Waals surface area contributed by atoms with Crippen LogP contribution >= 0.6 is 0 Å². The van der Waals surface area contributed by atoms with E-state index in [1.165, 1.54) is 19.9 Å². The van der Waals surface area contributed by atoms with Crippen LogP contribution in [0.2, 0.25) is 0 Å². The van der Waals surface area contributed by atoms with E-state index in [9.17, 15) is 17.6 Å². The number of fused-ring (bicyclic) bond motifs is 1. The summed E-state index contributed by atoms with van der Waals surface area (Å²) in [7, 11) is -3.78. The number of amides is 1. The smallest absolute Gasteiger partial charge is 0.261 e. The second kappa shape index (κ2) is 8.02. The van der Waals surface area contributed by atoms with Crippen molar-refractivity contribution in [3.8, 4) is 0 Å². The standard InChI is InChI=1S/C21H26FN3O3S/c1-4-25-11-10-15-12-18(8-9-19(15)25)29(27,28)24-17-7-5-6-16(13-17)23-20(26)21(2,3)14-22/h5-9,12-13,24H,4,10-11,14H2,1-3H3,(H,23,26). The molecule has 0 saturated carbocycles. The van der Waals surface area contributed by atoms with Crippen LogP contribution in [0.15, 0.2) is 47.4 Å². The van der Waals surface area contributed by atoms with Crippen molar-refractivity contribution in [1.29, 1.82) is 0 Å². The van der Waals surface area contributed by atoms with Crippen LogP contribution < -0.4 is 14.9 Å². The molecule has 0 saturated heterocycles. The molecule has 1 heterocycles. The number of carbonyl (C=O) groups excluding carboxylic acids is 1. The first-order valence-electron chi connectivity index (χ1n) is 9.54. The van der Waals surface area contributed by atoms with Crippen LogP contribution in [0, 0.1) is 5.41 Å². The van der Waals surface area contributed by atoms with Crippen LogP contribution in [0.3, 0.4) is 0 Å². The SMILES string of the molecule is CCN1CCc2cc(S(=O)(=O)Nc3cccc(NC(=O)C(C)(C)CF)c3)ccc21. The maximum Gasteiger partial charge on any atom is 0.261 e. The highest BCUT2D eigenvalue weighted by Gasteiger charge is 2.28. The van der Waals surface area contributed by atoms with Crippen molar-refractivity contribution in [3.05, 3.63) is 48.0 Å². The van der Waals surface area contributed by atoms with E-state index in [2.05, 4.69) is 21.9 Å². The molecule has 156 valence electrons. The maximum absolute atomic E-state index is 13.0. The Morgan fingerprint density at radius 2 is 1.90 bits per heavy atom. The topological polar surface area (TPSA) is 78.5 Å². The Kier molecular flexibility index (Phi) is 5.84. The van der Waals surface area contributed by atoms with Crippen LogP contribution in [0.25, 0.3) is 0 Å². The molecule has 2 aromatic carbocycles. The summed E-state index contributed by atoms with van der Waals surface area (Å²) in [6.07, 6.45) is 0.818. The minimum absolute atomic E-state index is 0.196. The molecule has 0 aliphatic carbocycles. The van der Waals surface area contributed by atoms with Gasteiger partial charge in [0.25, 0.3) is 10.0 Å². The maximum atomic E-state index is 13.0. The van der Waals surface area contributed by atoms with E-state index < -0.39 is 28.0 Å². The zero-order valence-corrected chi connectivity index (χ0v) is 17.6. The number of anilines is 3. The van der Waals surface area contributed by atoms with Gasteiger partial charge in [0, 0.05) is 24.5 Å². The number of nitrogens with one attached hydrogen (secondary N) is 2. The molecule has 0 bridgehead atoms. The average molecular weight is 420 g/mol. The molecule has 2 aromatic rings. The van der Waals surface area contributed by atoms with E-state index in [0.717, 1.165) is 30.8 Å². The van der Waals surface area contributed by atoms with Gasteiger partial charge in [-0.1, -0.05) is 6.07 Å². The van der Waals surface area contributed by atoms with Crippen molar-refractivity contribution < 1.29 is 17.6 Å². The van der Waals surface area contributed by atoms with Crippen LogP contribution in [0.5, 0.6) is 0 Å². The van der Waals surface area contributed by atoms with Crippen molar-refractivity contribution >= 4 is 33.0 Å². The molecule has 3 rings (SSSR count). The first-order valence-corrected chi connectivity index (χ1v) is 11.0. The van der Waals surface area contributed by atoms with Gasteiger partial charge in [-0.25, -0.2) is 12.8 Å². The van der Waals surface area contributed by atoms with Gasteiger partial charge >= 0.3 is 0 Å². The van der Waals surface area contributed by atoms with E-state index in [0.29, 0.717) is 11.4 Å². The zero-order valence-electron chi connectivity index (χ0n) is 16.8. The third-order valence-corrected chi connectivity index (χ3v) is 6.44. The van der Waals surface area contributed by atoms with Crippen molar-refractivity contribution in [2.24, 2.45) is 5.41 Å². The molecule has 0 fully saturated rings. The molecule has 0 atom stereocenters. The highest BCUT2D eigenvalue weighted by atomic mass is 32.2. The predicted molar refractivity (Wildman–Crippen MR) is 114 cm³/mol. The molecule has 1 aliphatic heterocycles. The molecule has 29 heavy (non-hydrogen) atoms. The summed E-state index contributed by atoms with van der Waals surface area (Å²) in [6.45, 7) is 6.06. The summed E-state index contributed by atoms with van der Waals surface area (Å²) < 4.78 is 41.2. The summed E-state index contributed by atoms with van der Waals surface area (Å²) in [5, 5.41) is 2.63. The fraction of sp³-hybridized carbons (Fsp3) is 0.381. The minimum atomic E-state index is -3.78. The van der Waals surface area contributed by atoms with Crippen molar-refractivity contribution in [2.75, 3.05) is 34.7 Å². The summed E-state index contributed by atoms with van der Waals surface area (Å²) in [6, 6.07) is 11.5. The lowest BCUT2D eigenvalue weighted by atomic mass is 9.94. The molecular formula is C21H26FN3O3S. The van der Waals surface area contributed by atoms with Gasteiger partial charge in [-0.15, -0.1) is 0 Å². The van der Waals surface area contributed by atoms with Gasteiger partial charge < -0.3 is 10.2 Å². The quantitative estimate of drug-likeness (QED) is 0.715. The largest absolute Gasteiger partial charge is 0.371 e. The van der Waals surface area contributed by atoms with Gasteiger partial charge in [0.05, 0.1) is 16.0 Å². The minimum Gasteiger partial charge on any atom is -0.371 e. The summed E-state index contributed by atoms with van der Waals surface area (Å²) >= 11 is 0. The number of benzene rings is 2. The normalized spacial score (nSPS) is 13.9. The third kappa shape index (κ3) is 4.53. The Labute approximate surface area is 171 Å². The lowest BCUT2D eigenvalue weighted by molar-refractivity contribution is -0.124. The second-order valence-electron chi connectivity index (χ2n) is 7.78. The van der Waals surface area contributed by atoms with Gasteiger partial charge in [0.1, 0.15) is 6.67 Å². The van der Waals surface area contributed by atoms with Crippen molar-refractivity contribution in [2.45, 2.75) is 32.1 Å². The molecule has 1 aliphatic rings. The molecule has 8 heteroatoms. The molecular weight excluding hydrogens is 393 g/mol. The fourth-order valence-corrected chi connectivity index (χ4v) is 4.28. The van der Waals surface area contributed by atoms with Gasteiger partial charge in [-0.3, -0.25) is 9.52 Å². The first-order chi connectivity index (χ1) is 13.7. The molecule has 0 spiro atoms. The Morgan fingerprint density at radius 1 is 1.17 bits per heavy atom. The lowest BCUT2D eigenvalue weighted by Crippen LogP contribution is -2.32. The number of likely N-dealkylation sites (N-methyl/N-ethyl adjacent to an activating group) is 1. The monoisotopic (exact) mass is 419 g/mol. The summed E-state index contributed by atoms with van der Waals surface area (Å²) in [5.41, 5.74) is 1.64. The molecule has 0 unspecified atom stereocenters. The second-order valence-corrected chi connectivity index (χ2v) is 9.46. The Bertz CT molecular complexity index is 1020. The third-order valence-electron chi connectivity index (χ3n) is 5.06. The molecule has 0 aromatic heterocycles. The van der Waals surface area contributed by atoms with E-state index in [1.807, 2.05) is 6.07 Å². The van der Waals surface area contributed by atoms with Crippen LogP contribution in [-0.2, 0) is 21.2 Å². The number of hydrogen-bond donors (Lipinski definition) is 2. The van der Waals surface area contributed by atoms with Crippen molar-refractivity contribution in [1.82, 2.24) is 0 Å². The Morgan fingerprint density at radius 3 is 2.59 bits per heavy atom. The highest BCUT2D eigenvalue weighted by molar-refractivity contribution is 7.92. The van der Waals surface area contributed by atoms with Gasteiger partial charge in [0.15, 0.2) is 0 Å². The summed E-state index contributed by atoms with van der Waals surface area (Å²) in [5.74, 6) is -0.473. The Hall–Kier alpha value is -2.61. The number of halogens is 1. The number of sulfonamides is 1. The molecule has 0 radical (unpaired) electrons. The average Bonchev–Trinajstić information content (AvgIpc) is 3.10. The number of hydrogen-bond acceptors (Lipinski definition) is 4. The zero-order chi connectivity index (χ0) is 21.2. The first kappa shape index (κ1) is 21.1. The number of alkyl halides is 1. The number of carbonyl (C=O) groups is 1. The molecule has 6 nitrogen and oxygen atoms in total. The number of rotatable bonds is 7. The van der Waals surface area contributed by atoms with E-state index >= 15 is 0 Å².